The van der Waals surface area contributed by atoms with Gasteiger partial charge < -0.3 is 4.90 Å². The van der Waals surface area contributed by atoms with Gasteiger partial charge in [0, 0.05) is 19.6 Å². The minimum Gasteiger partial charge on any atom is -0.302 e. The van der Waals surface area contributed by atoms with E-state index >= 15 is 0 Å². The van der Waals surface area contributed by atoms with Crippen LogP contribution in [0.25, 0.3) is 0 Å². The summed E-state index contributed by atoms with van der Waals surface area (Å²) in [5.74, 6) is 0.658. The number of rotatable bonds is 7. The lowest BCUT2D eigenvalue weighted by atomic mass is 10.0. The molecule has 0 aliphatic carbocycles. The molecular formula is C23H29FN6. The smallest absolute Gasteiger partial charge is 0.169 e. The summed E-state index contributed by atoms with van der Waals surface area (Å²) >= 11 is 0. The molecule has 0 radical (unpaired) electrons. The molecule has 1 saturated heterocycles. The molecule has 6 nitrogen and oxygen atoms in total. The predicted octanol–water partition coefficient (Wildman–Crippen LogP) is 3.17. The van der Waals surface area contributed by atoms with Gasteiger partial charge in [0.1, 0.15) is 5.82 Å². The van der Waals surface area contributed by atoms with Crippen molar-refractivity contribution in [3.8, 4) is 0 Å². The lowest BCUT2D eigenvalue weighted by molar-refractivity contribution is 0.186. The third-order valence-electron chi connectivity index (χ3n) is 5.89. The van der Waals surface area contributed by atoms with Crippen molar-refractivity contribution in [1.82, 2.24) is 30.0 Å². The molecule has 1 aromatic heterocycles. The molecular weight excluding hydrogens is 379 g/mol. The summed E-state index contributed by atoms with van der Waals surface area (Å²) in [5.41, 5.74) is 2.26. The number of tetrazole rings is 1. The van der Waals surface area contributed by atoms with Crippen molar-refractivity contribution >= 4 is 0 Å². The molecule has 1 atom stereocenters. The Labute approximate surface area is 177 Å². The largest absolute Gasteiger partial charge is 0.302 e. The van der Waals surface area contributed by atoms with Gasteiger partial charge >= 0.3 is 0 Å². The molecule has 30 heavy (non-hydrogen) atoms. The molecule has 0 N–H and O–H groups in total. The highest BCUT2D eigenvalue weighted by molar-refractivity contribution is 5.19. The molecule has 1 unspecified atom stereocenters. The second-order valence-electron chi connectivity index (χ2n) is 7.85. The standard InChI is InChI=1S/C23H29FN6/c1-2-28-13-6-14-29(16-15-28)22(17-19-9-11-21(24)12-10-19)23-25-26-27-30(23)18-20-7-4-3-5-8-20/h3-5,7-12,22H,2,6,13-18H2,1H3. The molecule has 1 aliphatic rings. The zero-order valence-corrected chi connectivity index (χ0v) is 17.5. The normalized spacial score (nSPS) is 17.0. The minimum atomic E-state index is -0.211. The lowest BCUT2D eigenvalue weighted by Crippen LogP contribution is -2.36. The average Bonchev–Trinajstić information content (AvgIpc) is 3.09. The van der Waals surface area contributed by atoms with Crippen LogP contribution in [0.2, 0.25) is 0 Å². The molecule has 0 saturated carbocycles. The predicted molar refractivity (Wildman–Crippen MR) is 115 cm³/mol. The molecule has 3 aromatic rings. The Morgan fingerprint density at radius 3 is 2.50 bits per heavy atom. The highest BCUT2D eigenvalue weighted by atomic mass is 19.1. The summed E-state index contributed by atoms with van der Waals surface area (Å²) in [7, 11) is 0. The molecule has 0 spiro atoms. The van der Waals surface area contributed by atoms with E-state index in [9.17, 15) is 4.39 Å². The van der Waals surface area contributed by atoms with Crippen LogP contribution in [-0.4, -0.2) is 62.7 Å². The second kappa shape index (κ2) is 9.91. The molecule has 158 valence electrons. The van der Waals surface area contributed by atoms with E-state index in [1.807, 2.05) is 35.0 Å². The van der Waals surface area contributed by atoms with Gasteiger partial charge in [-0.3, -0.25) is 4.90 Å². The molecule has 4 rings (SSSR count). The second-order valence-corrected chi connectivity index (χ2v) is 7.85. The van der Waals surface area contributed by atoms with E-state index in [2.05, 4.69) is 44.4 Å². The van der Waals surface area contributed by atoms with Crippen LogP contribution in [-0.2, 0) is 13.0 Å². The zero-order valence-electron chi connectivity index (χ0n) is 17.5. The van der Waals surface area contributed by atoms with Crippen LogP contribution in [0.3, 0.4) is 0 Å². The van der Waals surface area contributed by atoms with Gasteiger partial charge in [-0.2, -0.15) is 0 Å². The van der Waals surface area contributed by atoms with E-state index in [-0.39, 0.29) is 11.9 Å². The van der Waals surface area contributed by atoms with Crippen molar-refractivity contribution in [1.29, 1.82) is 0 Å². The van der Waals surface area contributed by atoms with E-state index in [1.165, 1.54) is 17.7 Å². The topological polar surface area (TPSA) is 50.1 Å². The third kappa shape index (κ3) is 5.09. The van der Waals surface area contributed by atoms with Crippen molar-refractivity contribution in [3.05, 3.63) is 77.4 Å². The van der Waals surface area contributed by atoms with Crippen LogP contribution >= 0.6 is 0 Å². The van der Waals surface area contributed by atoms with Crippen molar-refractivity contribution in [2.45, 2.75) is 32.4 Å². The Kier molecular flexibility index (Phi) is 6.81. The molecule has 0 bridgehead atoms. The maximum Gasteiger partial charge on any atom is 0.169 e. The summed E-state index contributed by atoms with van der Waals surface area (Å²) in [4.78, 5) is 4.98. The fourth-order valence-corrected chi connectivity index (χ4v) is 4.17. The van der Waals surface area contributed by atoms with E-state index in [0.717, 1.165) is 57.0 Å². The highest BCUT2D eigenvalue weighted by Crippen LogP contribution is 2.25. The van der Waals surface area contributed by atoms with Crippen molar-refractivity contribution in [2.24, 2.45) is 0 Å². The number of benzene rings is 2. The minimum absolute atomic E-state index is 0.0472. The fourth-order valence-electron chi connectivity index (χ4n) is 4.17. The van der Waals surface area contributed by atoms with Crippen LogP contribution < -0.4 is 0 Å². The van der Waals surface area contributed by atoms with Gasteiger partial charge in [0.15, 0.2) is 5.82 Å². The Bertz CT molecular complexity index is 911. The van der Waals surface area contributed by atoms with E-state index in [0.29, 0.717) is 6.54 Å². The van der Waals surface area contributed by atoms with Crippen LogP contribution in [0.15, 0.2) is 54.6 Å². The van der Waals surface area contributed by atoms with Crippen molar-refractivity contribution in [3.63, 3.8) is 0 Å². The number of hydrogen-bond donors (Lipinski definition) is 0. The third-order valence-corrected chi connectivity index (χ3v) is 5.89. The molecule has 2 aromatic carbocycles. The van der Waals surface area contributed by atoms with Gasteiger partial charge in [-0.15, -0.1) is 5.10 Å². The van der Waals surface area contributed by atoms with Gasteiger partial charge in [-0.25, -0.2) is 9.07 Å². The highest BCUT2D eigenvalue weighted by Gasteiger charge is 2.28. The fraction of sp³-hybridized carbons (Fsp3) is 0.435. The first kappa shape index (κ1) is 20.6. The maximum atomic E-state index is 13.4. The number of likely N-dealkylation sites (N-methyl/N-ethyl adjacent to an activating group) is 1. The number of hydrogen-bond acceptors (Lipinski definition) is 5. The van der Waals surface area contributed by atoms with Crippen LogP contribution in [0, 0.1) is 5.82 Å². The zero-order chi connectivity index (χ0) is 20.8. The number of nitrogens with zero attached hydrogens (tertiary/aromatic N) is 6. The molecule has 1 fully saturated rings. The van der Waals surface area contributed by atoms with E-state index < -0.39 is 0 Å². The maximum absolute atomic E-state index is 13.4. The SMILES string of the molecule is CCN1CCCN(C(Cc2ccc(F)cc2)c2nnnn2Cc2ccccc2)CC1. The first-order chi connectivity index (χ1) is 14.7. The first-order valence-electron chi connectivity index (χ1n) is 10.7. The summed E-state index contributed by atoms with van der Waals surface area (Å²) in [5, 5.41) is 12.8. The van der Waals surface area contributed by atoms with Gasteiger partial charge in [-0.1, -0.05) is 49.4 Å². The van der Waals surface area contributed by atoms with Crippen molar-refractivity contribution in [2.75, 3.05) is 32.7 Å². The van der Waals surface area contributed by atoms with Gasteiger partial charge in [0.2, 0.25) is 0 Å². The summed E-state index contributed by atoms with van der Waals surface area (Å²) < 4.78 is 15.4. The van der Waals surface area contributed by atoms with Crippen LogP contribution in [0.4, 0.5) is 4.39 Å². The molecule has 1 aliphatic heterocycles. The van der Waals surface area contributed by atoms with Crippen LogP contribution in [0.1, 0.15) is 36.3 Å². The van der Waals surface area contributed by atoms with E-state index in [1.54, 1.807) is 0 Å². The monoisotopic (exact) mass is 408 g/mol. The molecule has 7 heteroatoms. The summed E-state index contributed by atoms with van der Waals surface area (Å²) in [6.07, 6.45) is 1.87. The molecule has 0 amide bonds. The van der Waals surface area contributed by atoms with Gasteiger partial charge in [0.25, 0.3) is 0 Å². The lowest BCUT2D eigenvalue weighted by Gasteiger charge is -2.30. The number of aromatic nitrogens is 4. The Hall–Kier alpha value is -2.64. The first-order valence-corrected chi connectivity index (χ1v) is 10.7. The van der Waals surface area contributed by atoms with Crippen molar-refractivity contribution < 1.29 is 4.39 Å². The summed E-state index contributed by atoms with van der Waals surface area (Å²) in [6, 6.07) is 17.1. The average molecular weight is 409 g/mol. The van der Waals surface area contributed by atoms with Crippen LogP contribution in [0.5, 0.6) is 0 Å². The quantitative estimate of drug-likeness (QED) is 0.601. The Morgan fingerprint density at radius 1 is 0.933 bits per heavy atom. The summed E-state index contributed by atoms with van der Waals surface area (Å²) in [6.45, 7) is 8.05. The Balaban J connectivity index is 1.62. The Morgan fingerprint density at radius 2 is 1.73 bits per heavy atom. The van der Waals surface area contributed by atoms with Gasteiger partial charge in [-0.05, 0) is 59.6 Å². The van der Waals surface area contributed by atoms with E-state index in [4.69, 9.17) is 0 Å². The van der Waals surface area contributed by atoms with Gasteiger partial charge in [0.05, 0.1) is 12.6 Å². The number of halogens is 1. The molecule has 2 heterocycles.